The van der Waals surface area contributed by atoms with Crippen molar-refractivity contribution in [1.82, 2.24) is 10.3 Å². The molecule has 1 saturated carbocycles. The van der Waals surface area contributed by atoms with Crippen molar-refractivity contribution in [3.63, 3.8) is 0 Å². The maximum absolute atomic E-state index is 12.8. The molecule has 1 N–H and O–H groups in total. The fourth-order valence-corrected chi connectivity index (χ4v) is 3.63. The van der Waals surface area contributed by atoms with Crippen LogP contribution in [0.3, 0.4) is 0 Å². The lowest BCUT2D eigenvalue weighted by molar-refractivity contribution is 0.0889. The molecule has 0 unspecified atom stereocenters. The Morgan fingerprint density at radius 2 is 2.09 bits per heavy atom. The molecule has 2 aliphatic rings. The van der Waals surface area contributed by atoms with Crippen molar-refractivity contribution in [2.24, 2.45) is 11.8 Å². The number of nitrogens with one attached hydrogen (secondary N) is 1. The van der Waals surface area contributed by atoms with Gasteiger partial charge in [0.25, 0.3) is 5.91 Å². The molecule has 1 amide bonds. The van der Waals surface area contributed by atoms with Crippen LogP contribution in [-0.4, -0.2) is 43.2 Å². The summed E-state index contributed by atoms with van der Waals surface area (Å²) in [6.45, 7) is 7.49. The molecule has 0 aromatic carbocycles. The van der Waals surface area contributed by atoms with Crippen molar-refractivity contribution in [3.8, 4) is 0 Å². The van der Waals surface area contributed by atoms with E-state index in [2.05, 4.69) is 29.0 Å². The summed E-state index contributed by atoms with van der Waals surface area (Å²) in [5.41, 5.74) is 0.680. The van der Waals surface area contributed by atoms with Crippen molar-refractivity contribution in [3.05, 3.63) is 23.9 Å². The summed E-state index contributed by atoms with van der Waals surface area (Å²) in [5, 5.41) is 3.26. The van der Waals surface area contributed by atoms with Gasteiger partial charge < -0.3 is 15.0 Å². The van der Waals surface area contributed by atoms with Crippen molar-refractivity contribution in [2.45, 2.75) is 39.2 Å². The zero-order valence-electron chi connectivity index (χ0n) is 14.1. The van der Waals surface area contributed by atoms with E-state index in [4.69, 9.17) is 4.74 Å². The lowest BCUT2D eigenvalue weighted by Crippen LogP contribution is -2.44. The first-order valence-electron chi connectivity index (χ1n) is 8.75. The largest absolute Gasteiger partial charge is 0.378 e. The Bertz CT molecular complexity index is 543. The molecule has 1 aliphatic carbocycles. The fourth-order valence-electron chi connectivity index (χ4n) is 3.63. The molecule has 3 rings (SSSR count). The zero-order chi connectivity index (χ0) is 16.2. The third-order valence-electron chi connectivity index (χ3n) is 5.37. The number of aromatic nitrogens is 1. The fraction of sp³-hybridized carbons (Fsp3) is 0.667. The van der Waals surface area contributed by atoms with Crippen LogP contribution in [0.5, 0.6) is 0 Å². The van der Waals surface area contributed by atoms with Gasteiger partial charge in [-0.1, -0.05) is 26.7 Å². The van der Waals surface area contributed by atoms with Crippen LogP contribution in [0, 0.1) is 11.8 Å². The van der Waals surface area contributed by atoms with Crippen LogP contribution in [0.15, 0.2) is 18.3 Å². The van der Waals surface area contributed by atoms with E-state index in [1.807, 2.05) is 12.1 Å². The van der Waals surface area contributed by atoms with Crippen LogP contribution in [0.1, 0.15) is 43.5 Å². The third kappa shape index (κ3) is 3.66. The van der Waals surface area contributed by atoms with Crippen molar-refractivity contribution in [1.29, 1.82) is 0 Å². The molecule has 0 bridgehead atoms. The molecule has 3 atom stereocenters. The molecular weight excluding hydrogens is 290 g/mol. The predicted molar refractivity (Wildman–Crippen MR) is 90.7 cm³/mol. The number of hydrogen-bond acceptors (Lipinski definition) is 4. The van der Waals surface area contributed by atoms with Crippen molar-refractivity contribution < 1.29 is 9.53 Å². The minimum absolute atomic E-state index is 0.00513. The van der Waals surface area contributed by atoms with E-state index in [-0.39, 0.29) is 11.9 Å². The van der Waals surface area contributed by atoms with Gasteiger partial charge in [0.05, 0.1) is 18.8 Å². The Kier molecular flexibility index (Phi) is 5.16. The van der Waals surface area contributed by atoms with Crippen LogP contribution in [-0.2, 0) is 4.74 Å². The molecule has 0 radical (unpaired) electrons. The van der Waals surface area contributed by atoms with Gasteiger partial charge in [0.1, 0.15) is 5.82 Å². The normalized spacial score (nSPS) is 28.4. The van der Waals surface area contributed by atoms with Gasteiger partial charge in [-0.05, 0) is 30.4 Å². The lowest BCUT2D eigenvalue weighted by Gasteiger charge is -2.35. The van der Waals surface area contributed by atoms with E-state index in [9.17, 15) is 4.79 Å². The van der Waals surface area contributed by atoms with Gasteiger partial charge in [-0.15, -0.1) is 0 Å². The van der Waals surface area contributed by atoms with Gasteiger partial charge >= 0.3 is 0 Å². The summed E-state index contributed by atoms with van der Waals surface area (Å²) in [6.07, 6.45) is 5.29. The number of pyridine rings is 1. The van der Waals surface area contributed by atoms with E-state index in [0.29, 0.717) is 30.6 Å². The van der Waals surface area contributed by atoms with Crippen molar-refractivity contribution in [2.75, 3.05) is 31.2 Å². The average molecular weight is 317 g/mol. The quantitative estimate of drug-likeness (QED) is 0.930. The van der Waals surface area contributed by atoms with E-state index in [1.54, 1.807) is 6.20 Å². The first-order valence-corrected chi connectivity index (χ1v) is 8.75. The van der Waals surface area contributed by atoms with Gasteiger partial charge in [0.15, 0.2) is 0 Å². The smallest absolute Gasteiger partial charge is 0.255 e. The summed E-state index contributed by atoms with van der Waals surface area (Å²) < 4.78 is 5.40. The Morgan fingerprint density at radius 3 is 2.87 bits per heavy atom. The van der Waals surface area contributed by atoms with E-state index in [0.717, 1.165) is 25.3 Å². The highest BCUT2D eigenvalue weighted by atomic mass is 16.5. The Labute approximate surface area is 138 Å². The first-order chi connectivity index (χ1) is 11.2. The zero-order valence-corrected chi connectivity index (χ0v) is 14.1. The van der Waals surface area contributed by atoms with Crippen LogP contribution < -0.4 is 10.2 Å². The number of morpholine rings is 1. The molecule has 1 aliphatic heterocycles. The predicted octanol–water partition coefficient (Wildman–Crippen LogP) is 2.47. The highest BCUT2D eigenvalue weighted by Crippen LogP contribution is 2.30. The number of amides is 1. The minimum Gasteiger partial charge on any atom is -0.378 e. The standard InChI is InChI=1S/C18H27N3O2/c1-13-5-3-7-16(14(13)2)20-18(22)15-6-4-8-19-17(15)21-9-11-23-12-10-21/h4,6,8,13-14,16H,3,5,7,9-12H2,1-2H3,(H,20,22)/t13-,14+,16+/m1/s1. The number of rotatable bonds is 3. The maximum atomic E-state index is 12.8. The average Bonchev–Trinajstić information content (AvgIpc) is 2.60. The molecule has 2 heterocycles. The molecule has 1 aromatic heterocycles. The molecule has 1 saturated heterocycles. The summed E-state index contributed by atoms with van der Waals surface area (Å²) in [7, 11) is 0. The van der Waals surface area contributed by atoms with Gasteiger partial charge in [-0.3, -0.25) is 4.79 Å². The number of nitrogens with zero attached hydrogens (tertiary/aromatic N) is 2. The number of carbonyl (C=O) groups excluding carboxylic acids is 1. The van der Waals surface area contributed by atoms with Gasteiger partial charge in [-0.25, -0.2) is 4.98 Å². The van der Waals surface area contributed by atoms with Crippen molar-refractivity contribution >= 4 is 11.7 Å². The maximum Gasteiger partial charge on any atom is 0.255 e. The van der Waals surface area contributed by atoms with Crippen LogP contribution in [0.4, 0.5) is 5.82 Å². The summed E-state index contributed by atoms with van der Waals surface area (Å²) in [6, 6.07) is 3.99. The highest BCUT2D eigenvalue weighted by molar-refractivity contribution is 5.99. The molecule has 0 spiro atoms. The topological polar surface area (TPSA) is 54.5 Å². The van der Waals surface area contributed by atoms with Gasteiger partial charge in [0, 0.05) is 25.3 Å². The first kappa shape index (κ1) is 16.2. The monoisotopic (exact) mass is 317 g/mol. The lowest BCUT2D eigenvalue weighted by atomic mass is 9.78. The highest BCUT2D eigenvalue weighted by Gasteiger charge is 2.29. The van der Waals surface area contributed by atoms with E-state index >= 15 is 0 Å². The SMILES string of the molecule is C[C@H]1[C@H](C)CCC[C@@H]1NC(=O)c1cccnc1N1CCOCC1. The van der Waals surface area contributed by atoms with Crippen LogP contribution >= 0.6 is 0 Å². The molecule has 23 heavy (non-hydrogen) atoms. The van der Waals surface area contributed by atoms with Crippen LogP contribution in [0.25, 0.3) is 0 Å². The number of ether oxygens (including phenoxy) is 1. The second kappa shape index (κ2) is 7.30. The molecule has 5 heteroatoms. The molecule has 2 fully saturated rings. The minimum atomic E-state index is 0.00513. The number of anilines is 1. The Morgan fingerprint density at radius 1 is 1.30 bits per heavy atom. The second-order valence-electron chi connectivity index (χ2n) is 6.82. The number of hydrogen-bond donors (Lipinski definition) is 1. The molecule has 1 aromatic rings. The second-order valence-corrected chi connectivity index (χ2v) is 6.82. The summed E-state index contributed by atoms with van der Waals surface area (Å²) in [4.78, 5) is 19.4. The Hall–Kier alpha value is -1.62. The van der Waals surface area contributed by atoms with E-state index < -0.39 is 0 Å². The molecule has 126 valence electrons. The summed E-state index contributed by atoms with van der Waals surface area (Å²) in [5.74, 6) is 1.98. The van der Waals surface area contributed by atoms with E-state index in [1.165, 1.54) is 12.8 Å². The summed E-state index contributed by atoms with van der Waals surface area (Å²) >= 11 is 0. The molecular formula is C18H27N3O2. The molecule has 5 nitrogen and oxygen atoms in total. The third-order valence-corrected chi connectivity index (χ3v) is 5.37. The van der Waals surface area contributed by atoms with Gasteiger partial charge in [0.2, 0.25) is 0 Å². The van der Waals surface area contributed by atoms with Gasteiger partial charge in [-0.2, -0.15) is 0 Å². The number of carbonyl (C=O) groups is 1. The van der Waals surface area contributed by atoms with Crippen LogP contribution in [0.2, 0.25) is 0 Å². The Balaban J connectivity index is 1.74.